The van der Waals surface area contributed by atoms with Gasteiger partial charge in [0.05, 0.1) is 58.8 Å². The molecule has 0 saturated carbocycles. The lowest BCUT2D eigenvalue weighted by atomic mass is 9.92. The molecule has 29 heavy (non-hydrogen) atoms. The van der Waals surface area contributed by atoms with Gasteiger partial charge >= 0.3 is 0 Å². The Bertz CT molecular complexity index is 445. The van der Waals surface area contributed by atoms with Gasteiger partial charge in [0.15, 0.2) is 0 Å². The van der Waals surface area contributed by atoms with Crippen LogP contribution in [0.1, 0.15) is 27.7 Å². The van der Waals surface area contributed by atoms with Crippen molar-refractivity contribution in [1.29, 1.82) is 0 Å². The summed E-state index contributed by atoms with van der Waals surface area (Å²) in [6.07, 6.45) is 0. The molecule has 0 N–H and O–H groups in total. The Morgan fingerprint density at radius 1 is 0.517 bits per heavy atom. The van der Waals surface area contributed by atoms with E-state index in [0.717, 1.165) is 26.2 Å². The molecule has 4 fully saturated rings. The third-order valence-electron chi connectivity index (χ3n) is 6.62. The molecule has 4 rings (SSSR count). The molecule has 8 heteroatoms. The second kappa shape index (κ2) is 9.44. The summed E-state index contributed by atoms with van der Waals surface area (Å²) in [6, 6.07) is 2.58. The van der Waals surface area contributed by atoms with Gasteiger partial charge in [-0.05, 0) is 27.7 Å². The van der Waals surface area contributed by atoms with Gasteiger partial charge in [0.25, 0.3) is 0 Å². The monoisotopic (exact) mass is 412 g/mol. The van der Waals surface area contributed by atoms with Crippen LogP contribution < -0.4 is 0 Å². The zero-order valence-corrected chi connectivity index (χ0v) is 18.7. The molecule has 0 aromatic carbocycles. The summed E-state index contributed by atoms with van der Waals surface area (Å²) in [5, 5.41) is 0. The van der Waals surface area contributed by atoms with Crippen molar-refractivity contribution in [3.63, 3.8) is 0 Å². The van der Waals surface area contributed by atoms with Gasteiger partial charge in [0, 0.05) is 50.3 Å². The molecule has 0 bridgehead atoms. The van der Waals surface area contributed by atoms with Crippen molar-refractivity contribution in [1.82, 2.24) is 19.6 Å². The highest BCUT2D eigenvalue weighted by Gasteiger charge is 2.38. The molecule has 0 aromatic heterocycles. The first-order chi connectivity index (χ1) is 14.0. The van der Waals surface area contributed by atoms with E-state index in [-0.39, 0.29) is 5.41 Å². The lowest BCUT2D eigenvalue weighted by Crippen LogP contribution is -2.43. The van der Waals surface area contributed by atoms with Crippen LogP contribution in [-0.2, 0) is 18.9 Å². The summed E-state index contributed by atoms with van der Waals surface area (Å²) < 4.78 is 24.5. The fraction of sp³-hybridized carbons (Fsp3) is 1.00. The third kappa shape index (κ3) is 6.83. The average molecular weight is 413 g/mol. The summed E-state index contributed by atoms with van der Waals surface area (Å²) in [5.41, 5.74) is -0.281. The number of nitrogens with zero attached hydrogens (tertiary/aromatic N) is 4. The van der Waals surface area contributed by atoms with Crippen LogP contribution in [0, 0.1) is 5.41 Å². The Kier molecular flexibility index (Phi) is 7.13. The largest absolute Gasteiger partial charge is 0.365 e. The second-order valence-electron chi connectivity index (χ2n) is 9.89. The number of ether oxygens (including phenoxy) is 4. The fourth-order valence-electron chi connectivity index (χ4n) is 3.66. The van der Waals surface area contributed by atoms with E-state index < -0.39 is 0 Å². The quantitative estimate of drug-likeness (QED) is 0.343. The molecular weight excluding hydrogens is 372 g/mol. The van der Waals surface area contributed by atoms with E-state index in [9.17, 15) is 0 Å². The molecule has 4 heterocycles. The molecule has 8 unspecified atom stereocenters. The van der Waals surface area contributed by atoms with Crippen molar-refractivity contribution in [3.8, 4) is 0 Å². The summed E-state index contributed by atoms with van der Waals surface area (Å²) in [6.45, 7) is 18.5. The summed E-state index contributed by atoms with van der Waals surface area (Å²) in [5.74, 6) is 0. The van der Waals surface area contributed by atoms with Crippen LogP contribution in [-0.4, -0.2) is 123 Å². The summed E-state index contributed by atoms with van der Waals surface area (Å²) >= 11 is 0. The molecule has 0 aliphatic carbocycles. The molecule has 4 saturated heterocycles. The van der Waals surface area contributed by atoms with Crippen LogP contribution in [0.3, 0.4) is 0 Å². The molecule has 4 aliphatic heterocycles. The van der Waals surface area contributed by atoms with Gasteiger partial charge in [-0.2, -0.15) is 0 Å². The van der Waals surface area contributed by atoms with Gasteiger partial charge in [0.2, 0.25) is 0 Å². The van der Waals surface area contributed by atoms with E-state index in [2.05, 4.69) is 47.3 Å². The second-order valence-corrected chi connectivity index (χ2v) is 9.89. The highest BCUT2D eigenvalue weighted by molar-refractivity contribution is 4.87. The normalized spacial score (nSPS) is 41.8. The zero-order valence-electron chi connectivity index (χ0n) is 18.7. The smallest absolute Gasteiger partial charge is 0.0993 e. The minimum atomic E-state index is -0.281. The van der Waals surface area contributed by atoms with Crippen molar-refractivity contribution in [3.05, 3.63) is 0 Å². The molecule has 0 radical (unpaired) electrons. The number of hydrogen-bond donors (Lipinski definition) is 0. The van der Waals surface area contributed by atoms with Gasteiger partial charge in [-0.1, -0.05) is 0 Å². The van der Waals surface area contributed by atoms with Crippen LogP contribution in [0.5, 0.6) is 0 Å². The Balaban J connectivity index is 1.28. The Morgan fingerprint density at radius 2 is 0.724 bits per heavy atom. The molecular formula is C21H40N4O4. The lowest BCUT2D eigenvalue weighted by Gasteiger charge is -2.33. The molecule has 0 aromatic rings. The van der Waals surface area contributed by atoms with Gasteiger partial charge in [-0.15, -0.1) is 0 Å². The predicted octanol–water partition coefficient (Wildman–Crippen LogP) is 0.686. The van der Waals surface area contributed by atoms with Crippen LogP contribution in [0.2, 0.25) is 0 Å². The molecule has 0 spiro atoms. The Labute approximate surface area is 176 Å². The summed E-state index contributed by atoms with van der Waals surface area (Å²) in [4.78, 5) is 9.28. The lowest BCUT2D eigenvalue weighted by molar-refractivity contribution is -0.129. The van der Waals surface area contributed by atoms with Gasteiger partial charge in [0.1, 0.15) is 0 Å². The molecule has 4 aliphatic rings. The Hall–Kier alpha value is -0.320. The zero-order chi connectivity index (χ0) is 20.4. The van der Waals surface area contributed by atoms with Crippen LogP contribution in [0.15, 0.2) is 0 Å². The fourth-order valence-corrected chi connectivity index (χ4v) is 3.66. The standard InChI is InChI=1S/C21H40N4O4/c1-17-5-22(17)13-26-9-21(10-27-14-23-6-18(23)2,11-28-15-24-7-19(24)3)12-29-16-25-8-20(25)4/h17-20H,5-16H2,1-4H3. The van der Waals surface area contributed by atoms with Gasteiger partial charge in [-0.25, -0.2) is 0 Å². The predicted molar refractivity (Wildman–Crippen MR) is 110 cm³/mol. The van der Waals surface area contributed by atoms with E-state index in [1.807, 2.05) is 0 Å². The molecule has 8 nitrogen and oxygen atoms in total. The van der Waals surface area contributed by atoms with Crippen LogP contribution >= 0.6 is 0 Å². The van der Waals surface area contributed by atoms with Gasteiger partial charge < -0.3 is 18.9 Å². The number of hydrogen-bond acceptors (Lipinski definition) is 8. The minimum absolute atomic E-state index is 0.281. The topological polar surface area (TPSA) is 49.0 Å². The van der Waals surface area contributed by atoms with Crippen LogP contribution in [0.25, 0.3) is 0 Å². The average Bonchev–Trinajstić information content (AvgIpc) is 3.55. The SMILES string of the molecule is CC1CN1COCC(COCN1CC1C)(COCN1CC1C)COCN1CC1C. The highest BCUT2D eigenvalue weighted by Crippen LogP contribution is 2.26. The third-order valence-corrected chi connectivity index (χ3v) is 6.62. The van der Waals surface area contributed by atoms with E-state index in [1.165, 1.54) is 0 Å². The molecule has 168 valence electrons. The molecule has 0 amide bonds. The first-order valence-electron chi connectivity index (χ1n) is 11.2. The van der Waals surface area contributed by atoms with Crippen molar-refractivity contribution in [2.75, 3.05) is 79.5 Å². The maximum atomic E-state index is 6.12. The maximum Gasteiger partial charge on any atom is 0.0993 e. The highest BCUT2D eigenvalue weighted by atomic mass is 16.5. The summed E-state index contributed by atoms with van der Waals surface area (Å²) in [7, 11) is 0. The molecule has 8 atom stereocenters. The maximum absolute atomic E-state index is 6.12. The van der Waals surface area contributed by atoms with Crippen molar-refractivity contribution < 1.29 is 18.9 Å². The number of rotatable bonds is 16. The minimum Gasteiger partial charge on any atom is -0.365 e. The first-order valence-corrected chi connectivity index (χ1v) is 11.2. The van der Waals surface area contributed by atoms with E-state index in [4.69, 9.17) is 18.9 Å². The van der Waals surface area contributed by atoms with E-state index in [1.54, 1.807) is 0 Å². The first kappa shape index (κ1) is 21.9. The van der Waals surface area contributed by atoms with Crippen molar-refractivity contribution in [2.24, 2.45) is 5.41 Å². The van der Waals surface area contributed by atoms with Crippen molar-refractivity contribution >= 4 is 0 Å². The van der Waals surface area contributed by atoms with Crippen molar-refractivity contribution in [2.45, 2.75) is 51.9 Å². The van der Waals surface area contributed by atoms with Crippen LogP contribution in [0.4, 0.5) is 0 Å². The van der Waals surface area contributed by atoms with E-state index in [0.29, 0.717) is 77.5 Å². The van der Waals surface area contributed by atoms with E-state index >= 15 is 0 Å². The Morgan fingerprint density at radius 3 is 0.897 bits per heavy atom. The van der Waals surface area contributed by atoms with Gasteiger partial charge in [-0.3, -0.25) is 19.6 Å².